The number of aromatic nitrogens is 1. The van der Waals surface area contributed by atoms with Crippen molar-refractivity contribution in [3.8, 4) is 0 Å². The van der Waals surface area contributed by atoms with Crippen LogP contribution in [0.25, 0.3) is 0 Å². The van der Waals surface area contributed by atoms with Gasteiger partial charge in [-0.25, -0.2) is 4.98 Å². The van der Waals surface area contributed by atoms with Gasteiger partial charge in [-0.15, -0.1) is 0 Å². The van der Waals surface area contributed by atoms with Crippen LogP contribution in [0.1, 0.15) is 10.8 Å². The highest BCUT2D eigenvalue weighted by molar-refractivity contribution is 9.10. The number of nitrogens with zero attached hydrogens (tertiary/aromatic N) is 1. The monoisotopic (exact) mass is 322 g/mol. The van der Waals surface area contributed by atoms with Gasteiger partial charge in [0.25, 0.3) is 0 Å². The van der Waals surface area contributed by atoms with Gasteiger partial charge in [0.1, 0.15) is 0 Å². The summed E-state index contributed by atoms with van der Waals surface area (Å²) in [6.07, 6.45) is 1.84. The zero-order chi connectivity index (χ0) is 12.8. The van der Waals surface area contributed by atoms with Crippen LogP contribution in [0.2, 0.25) is 0 Å². The molecular formula is C14H15BrN2S. The zero-order valence-electron chi connectivity index (χ0n) is 10.1. The highest BCUT2D eigenvalue weighted by Crippen LogP contribution is 2.33. The zero-order valence-corrected chi connectivity index (χ0v) is 12.5. The first-order valence-corrected chi connectivity index (χ1v) is 7.44. The van der Waals surface area contributed by atoms with Crippen molar-refractivity contribution in [1.29, 1.82) is 0 Å². The van der Waals surface area contributed by atoms with E-state index < -0.39 is 0 Å². The lowest BCUT2D eigenvalue weighted by atomic mass is 10.1. The Balaban J connectivity index is 2.14. The SMILES string of the molecule is CNCC(Sc1ccc(Br)cn1)c1ccccc1. The molecule has 1 atom stereocenters. The summed E-state index contributed by atoms with van der Waals surface area (Å²) in [7, 11) is 1.98. The lowest BCUT2D eigenvalue weighted by molar-refractivity contribution is 0.776. The predicted octanol–water partition coefficient (Wildman–Crippen LogP) is 3.90. The highest BCUT2D eigenvalue weighted by atomic mass is 79.9. The Labute approximate surface area is 120 Å². The Bertz CT molecular complexity index is 473. The second-order valence-electron chi connectivity index (χ2n) is 3.89. The van der Waals surface area contributed by atoms with Crippen molar-refractivity contribution in [2.75, 3.05) is 13.6 Å². The summed E-state index contributed by atoms with van der Waals surface area (Å²) in [6, 6.07) is 14.6. The fourth-order valence-electron chi connectivity index (χ4n) is 1.66. The van der Waals surface area contributed by atoms with Crippen LogP contribution in [-0.2, 0) is 0 Å². The molecule has 2 nitrogen and oxygen atoms in total. The van der Waals surface area contributed by atoms with Crippen LogP contribution < -0.4 is 5.32 Å². The minimum atomic E-state index is 0.380. The molecule has 1 N–H and O–H groups in total. The maximum Gasteiger partial charge on any atom is 0.0967 e. The van der Waals surface area contributed by atoms with Gasteiger partial charge >= 0.3 is 0 Å². The van der Waals surface area contributed by atoms with Gasteiger partial charge in [-0.1, -0.05) is 42.1 Å². The molecule has 1 heterocycles. The summed E-state index contributed by atoms with van der Waals surface area (Å²) in [4.78, 5) is 4.41. The number of rotatable bonds is 5. The number of benzene rings is 1. The van der Waals surface area contributed by atoms with E-state index in [1.165, 1.54) is 5.56 Å². The number of nitrogens with one attached hydrogen (secondary N) is 1. The van der Waals surface area contributed by atoms with Gasteiger partial charge < -0.3 is 5.32 Å². The summed E-state index contributed by atoms with van der Waals surface area (Å²) in [6.45, 7) is 0.923. The smallest absolute Gasteiger partial charge is 0.0967 e. The Morgan fingerprint density at radius 3 is 2.61 bits per heavy atom. The minimum absolute atomic E-state index is 0.380. The van der Waals surface area contributed by atoms with Crippen molar-refractivity contribution in [1.82, 2.24) is 10.3 Å². The molecule has 0 aliphatic rings. The molecule has 2 rings (SSSR count). The molecule has 2 aromatic rings. The normalized spacial score (nSPS) is 12.3. The van der Waals surface area contributed by atoms with Gasteiger partial charge in [-0.05, 0) is 40.7 Å². The third-order valence-corrected chi connectivity index (χ3v) is 4.20. The molecule has 18 heavy (non-hydrogen) atoms. The number of hydrogen-bond donors (Lipinski definition) is 1. The van der Waals surface area contributed by atoms with Gasteiger partial charge in [0.2, 0.25) is 0 Å². The Morgan fingerprint density at radius 2 is 2.00 bits per heavy atom. The average Bonchev–Trinajstić information content (AvgIpc) is 2.42. The summed E-state index contributed by atoms with van der Waals surface area (Å²) >= 11 is 5.18. The van der Waals surface area contributed by atoms with Gasteiger partial charge in [0.05, 0.1) is 5.03 Å². The van der Waals surface area contributed by atoms with Crippen molar-refractivity contribution in [2.45, 2.75) is 10.3 Å². The van der Waals surface area contributed by atoms with Crippen LogP contribution in [0.4, 0.5) is 0 Å². The van der Waals surface area contributed by atoms with E-state index in [1.54, 1.807) is 11.8 Å². The maximum atomic E-state index is 4.41. The molecule has 0 saturated heterocycles. The number of thioether (sulfide) groups is 1. The van der Waals surface area contributed by atoms with E-state index in [0.717, 1.165) is 16.0 Å². The fourth-order valence-corrected chi connectivity index (χ4v) is 2.99. The number of hydrogen-bond acceptors (Lipinski definition) is 3. The van der Waals surface area contributed by atoms with E-state index in [1.807, 2.05) is 31.4 Å². The second-order valence-corrected chi connectivity index (χ2v) is 6.03. The molecule has 0 bridgehead atoms. The third kappa shape index (κ3) is 3.83. The van der Waals surface area contributed by atoms with E-state index in [0.29, 0.717) is 5.25 Å². The van der Waals surface area contributed by atoms with Crippen LogP contribution >= 0.6 is 27.7 Å². The molecular weight excluding hydrogens is 308 g/mol. The standard InChI is InChI=1S/C14H15BrN2S/c1-16-10-13(11-5-3-2-4-6-11)18-14-8-7-12(15)9-17-14/h2-9,13,16H,10H2,1H3. The topological polar surface area (TPSA) is 24.9 Å². The van der Waals surface area contributed by atoms with Crippen molar-refractivity contribution in [2.24, 2.45) is 0 Å². The van der Waals surface area contributed by atoms with Crippen molar-refractivity contribution in [3.05, 3.63) is 58.7 Å². The molecule has 0 spiro atoms. The van der Waals surface area contributed by atoms with Crippen molar-refractivity contribution in [3.63, 3.8) is 0 Å². The lowest BCUT2D eigenvalue weighted by Gasteiger charge is -2.16. The maximum absolute atomic E-state index is 4.41. The van der Waals surface area contributed by atoms with Crippen LogP contribution in [-0.4, -0.2) is 18.6 Å². The Hall–Kier alpha value is -0.840. The number of likely N-dealkylation sites (N-methyl/N-ethyl adjacent to an activating group) is 1. The second kappa shape index (κ2) is 6.92. The van der Waals surface area contributed by atoms with E-state index in [9.17, 15) is 0 Å². The molecule has 0 amide bonds. The quantitative estimate of drug-likeness (QED) is 0.845. The molecule has 94 valence electrons. The Morgan fingerprint density at radius 1 is 1.22 bits per heavy atom. The minimum Gasteiger partial charge on any atom is -0.318 e. The molecule has 0 aliphatic carbocycles. The summed E-state index contributed by atoms with van der Waals surface area (Å²) in [5.74, 6) is 0. The number of pyridine rings is 1. The van der Waals surface area contributed by atoms with Crippen LogP contribution in [0, 0.1) is 0 Å². The molecule has 1 aromatic carbocycles. The third-order valence-electron chi connectivity index (χ3n) is 2.52. The molecule has 1 unspecified atom stereocenters. The van der Waals surface area contributed by atoms with Gasteiger partial charge in [-0.2, -0.15) is 0 Å². The van der Waals surface area contributed by atoms with E-state index in [4.69, 9.17) is 0 Å². The van der Waals surface area contributed by atoms with Crippen LogP contribution in [0.15, 0.2) is 58.2 Å². The van der Waals surface area contributed by atoms with E-state index >= 15 is 0 Å². The van der Waals surface area contributed by atoms with Crippen molar-refractivity contribution >= 4 is 27.7 Å². The van der Waals surface area contributed by atoms with Crippen LogP contribution in [0.3, 0.4) is 0 Å². The molecule has 0 fully saturated rings. The van der Waals surface area contributed by atoms with Gasteiger partial charge in [0.15, 0.2) is 0 Å². The number of halogens is 1. The highest BCUT2D eigenvalue weighted by Gasteiger charge is 2.12. The first-order valence-electron chi connectivity index (χ1n) is 5.77. The summed E-state index contributed by atoms with van der Waals surface area (Å²) in [5.41, 5.74) is 1.32. The first-order chi connectivity index (χ1) is 8.79. The molecule has 0 aliphatic heterocycles. The van der Waals surface area contributed by atoms with E-state index in [-0.39, 0.29) is 0 Å². The lowest BCUT2D eigenvalue weighted by Crippen LogP contribution is -2.14. The first kappa shape index (κ1) is 13.6. The predicted molar refractivity (Wildman–Crippen MR) is 80.9 cm³/mol. The Kier molecular flexibility index (Phi) is 5.23. The summed E-state index contributed by atoms with van der Waals surface area (Å²) in [5, 5.41) is 4.66. The van der Waals surface area contributed by atoms with Crippen LogP contribution in [0.5, 0.6) is 0 Å². The summed E-state index contributed by atoms with van der Waals surface area (Å²) < 4.78 is 1.01. The van der Waals surface area contributed by atoms with Crippen molar-refractivity contribution < 1.29 is 0 Å². The average molecular weight is 323 g/mol. The van der Waals surface area contributed by atoms with Gasteiger partial charge in [0, 0.05) is 22.5 Å². The van der Waals surface area contributed by atoms with E-state index in [2.05, 4.69) is 50.5 Å². The molecule has 0 radical (unpaired) electrons. The fraction of sp³-hybridized carbons (Fsp3) is 0.214. The molecule has 4 heteroatoms. The molecule has 0 saturated carbocycles. The largest absolute Gasteiger partial charge is 0.318 e. The van der Waals surface area contributed by atoms with Gasteiger partial charge in [-0.3, -0.25) is 0 Å². The molecule has 1 aromatic heterocycles.